The fraction of sp³-hybridized carbons (Fsp3) is 0.200. The standard InChI is InChI=1S/C25H25N3O2/c29-24(14-16-26-25(30)18-19-8-2-1-3-9-19)27-21-11-5-7-13-23(21)28-17-15-20-10-4-6-12-22(20)28/h1-13H,14-18H2,(H,26,30)(H,27,29). The summed E-state index contributed by atoms with van der Waals surface area (Å²) in [6, 6.07) is 25.8. The molecule has 0 saturated carbocycles. The number of fused-ring (bicyclic) bond motifs is 1. The molecular weight excluding hydrogens is 374 g/mol. The Balaban J connectivity index is 1.33. The van der Waals surface area contributed by atoms with Crippen molar-refractivity contribution < 1.29 is 9.59 Å². The Labute approximate surface area is 176 Å². The fourth-order valence-corrected chi connectivity index (χ4v) is 3.78. The van der Waals surface area contributed by atoms with Crippen LogP contribution in [0.4, 0.5) is 17.1 Å². The Morgan fingerprint density at radius 2 is 1.50 bits per heavy atom. The smallest absolute Gasteiger partial charge is 0.226 e. The van der Waals surface area contributed by atoms with E-state index in [2.05, 4.69) is 33.7 Å². The molecule has 30 heavy (non-hydrogen) atoms. The topological polar surface area (TPSA) is 61.4 Å². The molecular formula is C25H25N3O2. The number of para-hydroxylation sites is 3. The number of anilines is 3. The zero-order valence-corrected chi connectivity index (χ0v) is 16.8. The number of nitrogens with zero attached hydrogens (tertiary/aromatic N) is 1. The molecule has 2 N–H and O–H groups in total. The molecule has 1 aliphatic rings. The van der Waals surface area contributed by atoms with Crippen LogP contribution in [-0.2, 0) is 22.4 Å². The van der Waals surface area contributed by atoms with Crippen LogP contribution in [0.15, 0.2) is 78.9 Å². The average molecular weight is 399 g/mol. The predicted octanol–water partition coefficient (Wildman–Crippen LogP) is 4.07. The molecule has 3 aromatic carbocycles. The Bertz CT molecular complexity index is 1030. The maximum absolute atomic E-state index is 12.5. The van der Waals surface area contributed by atoms with Crippen LogP contribution in [-0.4, -0.2) is 24.9 Å². The number of hydrogen-bond donors (Lipinski definition) is 2. The lowest BCUT2D eigenvalue weighted by Gasteiger charge is -2.23. The molecule has 3 aromatic rings. The third-order valence-electron chi connectivity index (χ3n) is 5.24. The number of hydrogen-bond acceptors (Lipinski definition) is 3. The van der Waals surface area contributed by atoms with Crippen LogP contribution in [0, 0.1) is 0 Å². The SMILES string of the molecule is O=C(Cc1ccccc1)NCCC(=O)Nc1ccccc1N1CCc2ccccc21. The summed E-state index contributed by atoms with van der Waals surface area (Å²) in [4.78, 5) is 26.8. The maximum atomic E-state index is 12.5. The number of amides is 2. The van der Waals surface area contributed by atoms with E-state index in [1.165, 1.54) is 11.3 Å². The average Bonchev–Trinajstić information content (AvgIpc) is 3.19. The van der Waals surface area contributed by atoms with Crippen molar-refractivity contribution in [3.05, 3.63) is 90.0 Å². The Hall–Kier alpha value is -3.60. The maximum Gasteiger partial charge on any atom is 0.226 e. The normalized spacial score (nSPS) is 12.3. The first-order chi connectivity index (χ1) is 14.7. The molecule has 5 nitrogen and oxygen atoms in total. The van der Waals surface area contributed by atoms with Gasteiger partial charge in [-0.1, -0.05) is 60.7 Å². The highest BCUT2D eigenvalue weighted by molar-refractivity contribution is 5.96. The number of rotatable bonds is 7. The van der Waals surface area contributed by atoms with Crippen LogP contribution in [0.2, 0.25) is 0 Å². The third-order valence-corrected chi connectivity index (χ3v) is 5.24. The van der Waals surface area contributed by atoms with Crippen molar-refractivity contribution in [3.63, 3.8) is 0 Å². The van der Waals surface area contributed by atoms with E-state index in [9.17, 15) is 9.59 Å². The molecule has 0 aliphatic carbocycles. The van der Waals surface area contributed by atoms with Crippen LogP contribution in [0.5, 0.6) is 0 Å². The van der Waals surface area contributed by atoms with Crippen molar-refractivity contribution in [2.75, 3.05) is 23.3 Å². The molecule has 0 atom stereocenters. The second kappa shape index (κ2) is 9.27. The molecule has 0 bridgehead atoms. The van der Waals surface area contributed by atoms with Crippen LogP contribution >= 0.6 is 0 Å². The van der Waals surface area contributed by atoms with Crippen LogP contribution < -0.4 is 15.5 Å². The monoisotopic (exact) mass is 399 g/mol. The van der Waals surface area contributed by atoms with Crippen molar-refractivity contribution in [2.24, 2.45) is 0 Å². The molecule has 0 fully saturated rings. The summed E-state index contributed by atoms with van der Waals surface area (Å²) in [6.07, 6.45) is 1.54. The largest absolute Gasteiger partial charge is 0.355 e. The summed E-state index contributed by atoms with van der Waals surface area (Å²) in [5, 5.41) is 5.83. The number of benzene rings is 3. The molecule has 0 aromatic heterocycles. The highest BCUT2D eigenvalue weighted by atomic mass is 16.2. The van der Waals surface area contributed by atoms with Crippen molar-refractivity contribution in [1.82, 2.24) is 5.32 Å². The van der Waals surface area contributed by atoms with Gasteiger partial charge in [0, 0.05) is 25.2 Å². The highest BCUT2D eigenvalue weighted by Crippen LogP contribution is 2.38. The van der Waals surface area contributed by atoms with Crippen molar-refractivity contribution in [3.8, 4) is 0 Å². The van der Waals surface area contributed by atoms with E-state index in [1.54, 1.807) is 0 Å². The molecule has 4 rings (SSSR count). The van der Waals surface area contributed by atoms with Crippen molar-refractivity contribution >= 4 is 28.9 Å². The van der Waals surface area contributed by atoms with Crippen molar-refractivity contribution in [2.45, 2.75) is 19.3 Å². The summed E-state index contributed by atoms with van der Waals surface area (Å²) >= 11 is 0. The molecule has 0 saturated heterocycles. The fourth-order valence-electron chi connectivity index (χ4n) is 3.78. The van der Waals surface area contributed by atoms with Gasteiger partial charge in [-0.25, -0.2) is 0 Å². The van der Waals surface area contributed by atoms with Gasteiger partial charge in [-0.15, -0.1) is 0 Å². The van der Waals surface area contributed by atoms with Gasteiger partial charge in [0.2, 0.25) is 11.8 Å². The van der Waals surface area contributed by atoms with E-state index in [4.69, 9.17) is 0 Å². The second-order valence-electron chi connectivity index (χ2n) is 7.36. The molecule has 5 heteroatoms. The molecule has 1 heterocycles. The van der Waals surface area contributed by atoms with E-state index in [1.807, 2.05) is 60.7 Å². The second-order valence-corrected chi connectivity index (χ2v) is 7.36. The minimum Gasteiger partial charge on any atom is -0.355 e. The molecule has 0 radical (unpaired) electrons. The van der Waals surface area contributed by atoms with Crippen LogP contribution in [0.25, 0.3) is 0 Å². The van der Waals surface area contributed by atoms with Gasteiger partial charge in [0.05, 0.1) is 17.8 Å². The molecule has 152 valence electrons. The molecule has 0 unspecified atom stereocenters. The van der Waals surface area contributed by atoms with E-state index in [0.29, 0.717) is 13.0 Å². The molecule has 1 aliphatic heterocycles. The molecule has 2 amide bonds. The number of nitrogens with one attached hydrogen (secondary N) is 2. The summed E-state index contributed by atoms with van der Waals surface area (Å²) in [6.45, 7) is 1.20. The Morgan fingerprint density at radius 3 is 2.33 bits per heavy atom. The van der Waals surface area contributed by atoms with E-state index in [-0.39, 0.29) is 18.2 Å². The van der Waals surface area contributed by atoms with Crippen molar-refractivity contribution in [1.29, 1.82) is 0 Å². The van der Waals surface area contributed by atoms with Gasteiger partial charge in [0.25, 0.3) is 0 Å². The summed E-state index contributed by atoms with van der Waals surface area (Å²) in [5.74, 6) is -0.196. The zero-order valence-electron chi connectivity index (χ0n) is 16.8. The highest BCUT2D eigenvalue weighted by Gasteiger charge is 2.22. The van der Waals surface area contributed by atoms with E-state index < -0.39 is 0 Å². The lowest BCUT2D eigenvalue weighted by molar-refractivity contribution is -0.120. The zero-order chi connectivity index (χ0) is 20.8. The number of carbonyl (C=O) groups excluding carboxylic acids is 2. The van der Waals surface area contributed by atoms with E-state index in [0.717, 1.165) is 29.9 Å². The van der Waals surface area contributed by atoms with Gasteiger partial charge in [0.1, 0.15) is 0 Å². The minimum absolute atomic E-state index is 0.0805. The number of carbonyl (C=O) groups is 2. The van der Waals surface area contributed by atoms with Gasteiger partial charge in [0.15, 0.2) is 0 Å². The predicted molar refractivity (Wildman–Crippen MR) is 120 cm³/mol. The van der Waals surface area contributed by atoms with Gasteiger partial charge in [-0.2, -0.15) is 0 Å². The minimum atomic E-state index is -0.116. The first kappa shape index (κ1) is 19.7. The molecule has 0 spiro atoms. The lowest BCUT2D eigenvalue weighted by Crippen LogP contribution is -2.29. The summed E-state index contributed by atoms with van der Waals surface area (Å²) in [7, 11) is 0. The third kappa shape index (κ3) is 4.69. The van der Waals surface area contributed by atoms with E-state index >= 15 is 0 Å². The summed E-state index contributed by atoms with van der Waals surface area (Å²) < 4.78 is 0. The lowest BCUT2D eigenvalue weighted by atomic mass is 10.1. The van der Waals surface area contributed by atoms with Gasteiger partial charge in [-0.3, -0.25) is 9.59 Å². The quantitative estimate of drug-likeness (QED) is 0.630. The van der Waals surface area contributed by atoms with Gasteiger partial charge in [-0.05, 0) is 35.7 Å². The summed E-state index contributed by atoms with van der Waals surface area (Å²) in [5.41, 5.74) is 5.24. The van der Waals surface area contributed by atoms with Crippen LogP contribution in [0.3, 0.4) is 0 Å². The first-order valence-corrected chi connectivity index (χ1v) is 10.3. The first-order valence-electron chi connectivity index (χ1n) is 10.3. The Kier molecular flexibility index (Phi) is 6.09. The van der Waals surface area contributed by atoms with Gasteiger partial charge >= 0.3 is 0 Å². The Morgan fingerprint density at radius 1 is 0.800 bits per heavy atom. The van der Waals surface area contributed by atoms with Crippen LogP contribution in [0.1, 0.15) is 17.5 Å². The van der Waals surface area contributed by atoms with Gasteiger partial charge < -0.3 is 15.5 Å².